The predicted molar refractivity (Wildman–Crippen MR) is 50.8 cm³/mol. The summed E-state index contributed by atoms with van der Waals surface area (Å²) in [5.41, 5.74) is 0. The Morgan fingerprint density at radius 2 is 1.47 bits per heavy atom. The van der Waals surface area contributed by atoms with Crippen LogP contribution in [0.3, 0.4) is 0 Å². The minimum atomic E-state index is -0.519. The number of rotatable bonds is 5. The average Bonchev–Trinajstić information content (AvgIpc) is 2.92. The first-order valence-electron chi connectivity index (χ1n) is 5.11. The van der Waals surface area contributed by atoms with Crippen molar-refractivity contribution < 1.29 is 24.2 Å². The SMILES string of the molecule is CCOC(=O)[C@@H]1C(CO)[C@H]1C(=O)OCC. The third kappa shape index (κ3) is 2.47. The van der Waals surface area contributed by atoms with Crippen LogP contribution in [0.4, 0.5) is 0 Å². The smallest absolute Gasteiger partial charge is 0.310 e. The van der Waals surface area contributed by atoms with Crippen molar-refractivity contribution >= 4 is 11.9 Å². The number of esters is 2. The van der Waals surface area contributed by atoms with E-state index in [1.165, 1.54) is 0 Å². The maximum Gasteiger partial charge on any atom is 0.310 e. The summed E-state index contributed by atoms with van der Waals surface area (Å²) in [7, 11) is 0. The zero-order valence-electron chi connectivity index (χ0n) is 8.93. The largest absolute Gasteiger partial charge is 0.466 e. The van der Waals surface area contributed by atoms with Gasteiger partial charge in [-0.2, -0.15) is 0 Å². The Balaban J connectivity index is 2.53. The van der Waals surface area contributed by atoms with Crippen molar-refractivity contribution in [3.8, 4) is 0 Å². The third-order valence-electron chi connectivity index (χ3n) is 2.50. The van der Waals surface area contributed by atoms with E-state index in [2.05, 4.69) is 0 Å². The summed E-state index contributed by atoms with van der Waals surface area (Å²) in [5, 5.41) is 8.97. The molecule has 1 aliphatic carbocycles. The van der Waals surface area contributed by atoms with Gasteiger partial charge >= 0.3 is 11.9 Å². The Morgan fingerprint density at radius 1 is 1.07 bits per heavy atom. The van der Waals surface area contributed by atoms with Crippen LogP contribution >= 0.6 is 0 Å². The highest BCUT2D eigenvalue weighted by molar-refractivity contribution is 5.88. The van der Waals surface area contributed by atoms with E-state index in [1.54, 1.807) is 13.8 Å². The molecular formula is C10H16O5. The van der Waals surface area contributed by atoms with E-state index in [0.29, 0.717) is 0 Å². The molecule has 0 aromatic rings. The lowest BCUT2D eigenvalue weighted by Gasteiger charge is -2.00. The molecule has 1 fully saturated rings. The van der Waals surface area contributed by atoms with Crippen LogP contribution in [0.2, 0.25) is 0 Å². The zero-order chi connectivity index (χ0) is 11.4. The number of carbonyl (C=O) groups excluding carboxylic acids is 2. The average molecular weight is 216 g/mol. The molecule has 0 aromatic heterocycles. The fourth-order valence-electron chi connectivity index (χ4n) is 1.72. The Morgan fingerprint density at radius 3 is 1.73 bits per heavy atom. The van der Waals surface area contributed by atoms with Gasteiger partial charge in [-0.15, -0.1) is 0 Å². The van der Waals surface area contributed by atoms with Crippen LogP contribution in [0, 0.1) is 17.8 Å². The van der Waals surface area contributed by atoms with E-state index in [-0.39, 0.29) is 25.7 Å². The molecule has 0 aromatic carbocycles. The summed E-state index contributed by atoms with van der Waals surface area (Å²) >= 11 is 0. The van der Waals surface area contributed by atoms with E-state index in [0.717, 1.165) is 0 Å². The standard InChI is InChI=1S/C10H16O5/c1-3-14-9(12)7-6(5-11)8(7)10(13)15-4-2/h6-8,11H,3-5H2,1-2H3/t7-,8-/m1/s1. The molecule has 0 saturated heterocycles. The molecule has 0 amide bonds. The van der Waals surface area contributed by atoms with E-state index in [1.807, 2.05) is 0 Å². The monoisotopic (exact) mass is 216 g/mol. The van der Waals surface area contributed by atoms with Crippen molar-refractivity contribution in [2.75, 3.05) is 19.8 Å². The van der Waals surface area contributed by atoms with Gasteiger partial charge in [-0.25, -0.2) is 0 Å². The van der Waals surface area contributed by atoms with Crippen molar-refractivity contribution in [2.45, 2.75) is 13.8 Å². The van der Waals surface area contributed by atoms with Crippen molar-refractivity contribution in [3.63, 3.8) is 0 Å². The quantitative estimate of drug-likeness (QED) is 0.653. The minimum Gasteiger partial charge on any atom is -0.466 e. The third-order valence-corrected chi connectivity index (χ3v) is 2.50. The summed E-state index contributed by atoms with van der Waals surface area (Å²) in [4.78, 5) is 22.7. The predicted octanol–water partition coefficient (Wildman–Crippen LogP) is -0.0329. The zero-order valence-corrected chi connectivity index (χ0v) is 8.93. The fourth-order valence-corrected chi connectivity index (χ4v) is 1.72. The van der Waals surface area contributed by atoms with Gasteiger partial charge in [0.1, 0.15) is 0 Å². The number of ether oxygens (including phenoxy) is 2. The number of carbonyl (C=O) groups is 2. The highest BCUT2D eigenvalue weighted by Crippen LogP contribution is 2.47. The van der Waals surface area contributed by atoms with Crippen LogP contribution in [0.1, 0.15) is 13.8 Å². The lowest BCUT2D eigenvalue weighted by Crippen LogP contribution is -2.13. The number of hydrogen-bond donors (Lipinski definition) is 1. The molecule has 0 radical (unpaired) electrons. The molecule has 0 bridgehead atoms. The van der Waals surface area contributed by atoms with Gasteiger partial charge in [-0.1, -0.05) is 0 Å². The molecule has 86 valence electrons. The second kappa shape index (κ2) is 5.11. The first-order chi connectivity index (χ1) is 7.17. The van der Waals surface area contributed by atoms with Crippen LogP contribution < -0.4 is 0 Å². The van der Waals surface area contributed by atoms with Crippen LogP contribution in [0.5, 0.6) is 0 Å². The van der Waals surface area contributed by atoms with Crippen molar-refractivity contribution in [1.29, 1.82) is 0 Å². The molecular weight excluding hydrogens is 200 g/mol. The summed E-state index contributed by atoms with van der Waals surface area (Å²) in [6.07, 6.45) is 0. The normalized spacial score (nSPS) is 28.3. The molecule has 0 heterocycles. The van der Waals surface area contributed by atoms with Gasteiger partial charge in [-0.3, -0.25) is 9.59 Å². The van der Waals surface area contributed by atoms with Gasteiger partial charge in [0.15, 0.2) is 0 Å². The van der Waals surface area contributed by atoms with Crippen molar-refractivity contribution in [2.24, 2.45) is 17.8 Å². The van der Waals surface area contributed by atoms with Gasteiger partial charge in [0, 0.05) is 12.5 Å². The van der Waals surface area contributed by atoms with Crippen LogP contribution in [0.25, 0.3) is 0 Å². The van der Waals surface area contributed by atoms with Gasteiger partial charge in [0.25, 0.3) is 0 Å². The maximum absolute atomic E-state index is 11.4. The summed E-state index contributed by atoms with van der Waals surface area (Å²) in [5.74, 6) is -2.21. The molecule has 1 N–H and O–H groups in total. The fraction of sp³-hybridized carbons (Fsp3) is 0.800. The molecule has 15 heavy (non-hydrogen) atoms. The summed E-state index contributed by atoms with van der Waals surface area (Å²) in [6, 6.07) is 0. The highest BCUT2D eigenvalue weighted by Gasteiger charge is 2.60. The van der Waals surface area contributed by atoms with Crippen molar-refractivity contribution in [1.82, 2.24) is 0 Å². The lowest BCUT2D eigenvalue weighted by molar-refractivity contribution is -0.150. The van der Waals surface area contributed by atoms with Crippen LogP contribution in [-0.4, -0.2) is 36.9 Å². The molecule has 0 aliphatic heterocycles. The Hall–Kier alpha value is -1.10. The second-order valence-electron chi connectivity index (χ2n) is 3.40. The van der Waals surface area contributed by atoms with E-state index in [4.69, 9.17) is 14.6 Å². The topological polar surface area (TPSA) is 72.8 Å². The molecule has 0 unspecified atom stereocenters. The van der Waals surface area contributed by atoms with Gasteiger partial charge in [0.2, 0.25) is 0 Å². The van der Waals surface area contributed by atoms with Gasteiger partial charge < -0.3 is 14.6 Å². The minimum absolute atomic E-state index is 0.188. The molecule has 2 atom stereocenters. The maximum atomic E-state index is 11.4. The van der Waals surface area contributed by atoms with E-state index in [9.17, 15) is 9.59 Å². The Labute approximate surface area is 88.4 Å². The molecule has 5 nitrogen and oxygen atoms in total. The molecule has 1 aliphatic rings. The van der Waals surface area contributed by atoms with E-state index < -0.39 is 23.8 Å². The van der Waals surface area contributed by atoms with Crippen LogP contribution in [0.15, 0.2) is 0 Å². The molecule has 1 saturated carbocycles. The summed E-state index contributed by atoms with van der Waals surface area (Å²) in [6.45, 7) is 3.78. The number of aliphatic hydroxyl groups is 1. The van der Waals surface area contributed by atoms with Gasteiger partial charge in [-0.05, 0) is 13.8 Å². The van der Waals surface area contributed by atoms with Crippen LogP contribution in [-0.2, 0) is 19.1 Å². The van der Waals surface area contributed by atoms with Crippen molar-refractivity contribution in [3.05, 3.63) is 0 Å². The summed E-state index contributed by atoms with van der Waals surface area (Å²) < 4.78 is 9.60. The first kappa shape index (κ1) is 12.0. The second-order valence-corrected chi connectivity index (χ2v) is 3.40. The molecule has 0 spiro atoms. The van der Waals surface area contributed by atoms with Gasteiger partial charge in [0.05, 0.1) is 25.0 Å². The molecule has 1 rings (SSSR count). The number of aliphatic hydroxyl groups excluding tert-OH is 1. The lowest BCUT2D eigenvalue weighted by atomic mass is 10.3. The Kier molecular flexibility index (Phi) is 4.08. The highest BCUT2D eigenvalue weighted by atomic mass is 16.5. The number of hydrogen-bond acceptors (Lipinski definition) is 5. The van der Waals surface area contributed by atoms with E-state index >= 15 is 0 Å². The first-order valence-corrected chi connectivity index (χ1v) is 5.11. The molecule has 5 heteroatoms. The Bertz CT molecular complexity index is 226.